The molecule has 12 aromatic rings. The summed E-state index contributed by atoms with van der Waals surface area (Å²) in [7, 11) is 0. The van der Waals surface area contributed by atoms with Gasteiger partial charge in [0.2, 0.25) is 0 Å². The number of thiazole rings is 2. The summed E-state index contributed by atoms with van der Waals surface area (Å²) >= 11 is 11.2. The summed E-state index contributed by atoms with van der Waals surface area (Å²) in [4.78, 5) is 28.5. The smallest absolute Gasteiger partial charge is 0.153 e. The maximum atomic E-state index is 5.50. The third kappa shape index (κ3) is 12.2. The molecular formula is C70H62N4S6. The van der Waals surface area contributed by atoms with Gasteiger partial charge in [-0.15, -0.1) is 68.0 Å². The minimum absolute atomic E-state index is 0.980. The molecule has 398 valence electrons. The fourth-order valence-corrected chi connectivity index (χ4v) is 17.0. The summed E-state index contributed by atoms with van der Waals surface area (Å²) in [5.41, 5.74) is 11.7. The Bertz CT molecular complexity index is 3530. The minimum atomic E-state index is 0.980. The summed E-state index contributed by atoms with van der Waals surface area (Å²) < 4.78 is 0. The van der Waals surface area contributed by atoms with Crippen LogP contribution in [0.25, 0.3) is 69.9 Å². The molecule has 0 aliphatic rings. The summed E-state index contributed by atoms with van der Waals surface area (Å²) in [5.74, 6) is 0. The van der Waals surface area contributed by atoms with Crippen LogP contribution in [0.15, 0.2) is 218 Å². The fraction of sp³-hybridized carbons (Fsp3) is 0.171. The lowest BCUT2D eigenvalue weighted by Crippen LogP contribution is -2.09. The predicted octanol–water partition coefficient (Wildman–Crippen LogP) is 23.7. The third-order valence-electron chi connectivity index (χ3n) is 14.3. The molecule has 0 saturated heterocycles. The van der Waals surface area contributed by atoms with E-state index in [-0.39, 0.29) is 0 Å². The molecule has 0 spiro atoms. The quantitative estimate of drug-likeness (QED) is 0.0598. The van der Waals surface area contributed by atoms with Crippen LogP contribution in [0.2, 0.25) is 0 Å². The van der Waals surface area contributed by atoms with Crippen molar-refractivity contribution in [3.63, 3.8) is 0 Å². The van der Waals surface area contributed by atoms with Crippen molar-refractivity contribution in [3.8, 4) is 69.9 Å². The van der Waals surface area contributed by atoms with E-state index in [9.17, 15) is 0 Å². The van der Waals surface area contributed by atoms with Gasteiger partial charge < -0.3 is 9.80 Å². The van der Waals surface area contributed by atoms with Gasteiger partial charge in [-0.2, -0.15) is 0 Å². The maximum Gasteiger partial charge on any atom is 0.153 e. The number of benzene rings is 6. The Labute approximate surface area is 495 Å². The molecule has 0 fully saturated rings. The molecule has 0 aliphatic heterocycles. The van der Waals surface area contributed by atoms with E-state index in [1.165, 1.54) is 110 Å². The number of hydrogen-bond donors (Lipinski definition) is 0. The van der Waals surface area contributed by atoms with E-state index in [0.29, 0.717) is 0 Å². The monoisotopic (exact) mass is 1150 g/mol. The first kappa shape index (κ1) is 53.6. The molecule has 12 rings (SSSR count). The van der Waals surface area contributed by atoms with E-state index in [2.05, 4.69) is 242 Å². The number of rotatable bonds is 23. The zero-order chi connectivity index (χ0) is 54.0. The van der Waals surface area contributed by atoms with E-state index in [0.717, 1.165) is 69.8 Å². The number of anilines is 6. The van der Waals surface area contributed by atoms with Gasteiger partial charge in [0.15, 0.2) is 10.0 Å². The zero-order valence-corrected chi connectivity index (χ0v) is 50.0. The van der Waals surface area contributed by atoms with Gasteiger partial charge in [-0.1, -0.05) is 149 Å². The van der Waals surface area contributed by atoms with Gasteiger partial charge in [0.25, 0.3) is 0 Å². The van der Waals surface area contributed by atoms with Crippen molar-refractivity contribution in [1.29, 1.82) is 0 Å². The normalized spacial score (nSPS) is 11.4. The highest BCUT2D eigenvalue weighted by atomic mass is 32.1. The van der Waals surface area contributed by atoms with Gasteiger partial charge in [0, 0.05) is 73.1 Å². The Kier molecular flexibility index (Phi) is 17.2. The van der Waals surface area contributed by atoms with Crippen molar-refractivity contribution in [2.75, 3.05) is 9.80 Å². The number of unbranched alkanes of at least 4 members (excludes halogenated alkanes) is 6. The summed E-state index contributed by atoms with van der Waals surface area (Å²) in [6.07, 6.45) is 11.6. The topological polar surface area (TPSA) is 32.3 Å². The van der Waals surface area contributed by atoms with E-state index >= 15 is 0 Å². The van der Waals surface area contributed by atoms with E-state index < -0.39 is 0 Å². The van der Waals surface area contributed by atoms with Crippen LogP contribution in [0.5, 0.6) is 0 Å². The number of nitrogens with zero attached hydrogens (tertiary/aromatic N) is 4. The molecule has 6 aromatic heterocycles. The fourth-order valence-electron chi connectivity index (χ4n) is 10.2. The molecule has 4 nitrogen and oxygen atoms in total. The van der Waals surface area contributed by atoms with Crippen LogP contribution < -0.4 is 9.80 Å². The molecule has 0 unspecified atom stereocenters. The molecule has 0 radical (unpaired) electrons. The van der Waals surface area contributed by atoms with E-state index in [1.54, 1.807) is 0 Å². The number of aryl methyl sites for hydroxylation is 2. The van der Waals surface area contributed by atoms with Crippen LogP contribution in [0.1, 0.15) is 76.6 Å². The Hall–Kier alpha value is -7.02. The average molecular weight is 1150 g/mol. The lowest BCUT2D eigenvalue weighted by molar-refractivity contribution is 0.662. The summed E-state index contributed by atoms with van der Waals surface area (Å²) in [5, 5.41) is 2.10. The van der Waals surface area contributed by atoms with Crippen LogP contribution in [-0.2, 0) is 12.8 Å². The first-order valence-electron chi connectivity index (χ1n) is 28.0. The van der Waals surface area contributed by atoms with E-state index in [4.69, 9.17) is 9.97 Å². The molecule has 0 N–H and O–H groups in total. The second kappa shape index (κ2) is 25.6. The second-order valence-electron chi connectivity index (χ2n) is 20.0. The minimum Gasteiger partial charge on any atom is -0.311 e. The molecule has 10 heteroatoms. The van der Waals surface area contributed by atoms with Crippen molar-refractivity contribution in [2.24, 2.45) is 0 Å². The average Bonchev–Trinajstić information content (AvgIpc) is 4.41. The van der Waals surface area contributed by atoms with E-state index in [1.807, 2.05) is 68.0 Å². The molecule has 80 heavy (non-hydrogen) atoms. The summed E-state index contributed by atoms with van der Waals surface area (Å²) in [6, 6.07) is 78.9. The van der Waals surface area contributed by atoms with Crippen molar-refractivity contribution >= 4 is 102 Å². The zero-order valence-electron chi connectivity index (χ0n) is 45.1. The van der Waals surface area contributed by atoms with Crippen molar-refractivity contribution in [3.05, 3.63) is 230 Å². The molecule has 6 heterocycles. The van der Waals surface area contributed by atoms with Crippen LogP contribution in [0.4, 0.5) is 34.1 Å². The van der Waals surface area contributed by atoms with Crippen LogP contribution in [0.3, 0.4) is 0 Å². The number of hydrogen-bond acceptors (Lipinski definition) is 10. The van der Waals surface area contributed by atoms with Crippen molar-refractivity contribution < 1.29 is 0 Å². The number of thiophene rings is 4. The lowest BCUT2D eigenvalue weighted by atomic mass is 10.1. The van der Waals surface area contributed by atoms with Crippen LogP contribution >= 0.6 is 68.0 Å². The highest BCUT2D eigenvalue weighted by Gasteiger charge is 2.23. The van der Waals surface area contributed by atoms with Crippen molar-refractivity contribution in [1.82, 2.24) is 9.97 Å². The van der Waals surface area contributed by atoms with Gasteiger partial charge in [0.1, 0.15) is 0 Å². The standard InChI is InChI=1S/C70H62N4S6/c1-3-5-7-21-31-57-67(65-47-45-63(77-65)61-43-41-59(75-61)49-33-37-55(38-34-49)73(51-23-13-9-14-24-51)52-25-15-10-16-26-52)79-69(71-57)70-72-58(32-22-8-6-4-2)68(80-70)66-48-46-64(78-66)62-44-42-60(76-62)50-35-39-56(40-36-50)74(53-27-17-11-18-28-53)54-29-19-12-20-30-54/h9-20,23-30,33-48H,3-8,21-22,31-32H2,1-2H3. The molecule has 0 saturated carbocycles. The molecular weight excluding hydrogens is 1090 g/mol. The molecule has 0 atom stereocenters. The largest absolute Gasteiger partial charge is 0.311 e. The van der Waals surface area contributed by atoms with Crippen molar-refractivity contribution in [2.45, 2.75) is 78.1 Å². The van der Waals surface area contributed by atoms with Gasteiger partial charge in [-0.3, -0.25) is 0 Å². The molecule has 0 bridgehead atoms. The Morgan fingerprint density at radius 1 is 0.275 bits per heavy atom. The third-order valence-corrected chi connectivity index (χ3v) is 21.9. The highest BCUT2D eigenvalue weighted by Crippen LogP contribution is 2.49. The lowest BCUT2D eigenvalue weighted by Gasteiger charge is -2.25. The maximum absolute atomic E-state index is 5.50. The molecule has 0 amide bonds. The van der Waals surface area contributed by atoms with Crippen LogP contribution in [-0.4, -0.2) is 9.97 Å². The Morgan fingerprint density at radius 2 is 0.562 bits per heavy atom. The second-order valence-corrected chi connectivity index (χ2v) is 26.3. The molecule has 0 aliphatic carbocycles. The summed E-state index contributed by atoms with van der Waals surface area (Å²) in [6.45, 7) is 4.58. The Morgan fingerprint density at radius 3 is 0.887 bits per heavy atom. The molecule has 6 aromatic carbocycles. The van der Waals surface area contributed by atoms with Gasteiger partial charge in [0.05, 0.1) is 21.1 Å². The van der Waals surface area contributed by atoms with Gasteiger partial charge in [-0.25, -0.2) is 9.97 Å². The Balaban J connectivity index is 0.794. The number of aromatic nitrogens is 2. The van der Waals surface area contributed by atoms with Crippen LogP contribution in [0, 0.1) is 0 Å². The van der Waals surface area contributed by atoms with Gasteiger partial charge >= 0.3 is 0 Å². The van der Waals surface area contributed by atoms with Gasteiger partial charge in [-0.05, 0) is 158 Å². The number of para-hydroxylation sites is 4. The first-order valence-corrected chi connectivity index (χ1v) is 32.9. The predicted molar refractivity (Wildman–Crippen MR) is 352 cm³/mol. The highest BCUT2D eigenvalue weighted by molar-refractivity contribution is 7.30. The first-order chi connectivity index (χ1) is 39.6. The SMILES string of the molecule is CCCCCCc1nc(-c2nc(CCCCCC)c(-c3ccc(-c4ccc(-c5ccc(N(c6ccccc6)c6ccccc6)cc5)s4)s3)s2)sc1-c1ccc(-c2ccc(-c3ccc(N(c4ccccc4)c4ccccc4)cc3)s2)s1.